The van der Waals surface area contributed by atoms with Gasteiger partial charge in [0.15, 0.2) is 5.76 Å². The molecule has 0 amide bonds. The van der Waals surface area contributed by atoms with Gasteiger partial charge in [0.25, 0.3) is 0 Å². The topological polar surface area (TPSA) is 55.3 Å². The van der Waals surface area contributed by atoms with Crippen LogP contribution in [0.1, 0.15) is 17.7 Å². The lowest BCUT2D eigenvalue weighted by Gasteiger charge is -2.20. The van der Waals surface area contributed by atoms with Crippen molar-refractivity contribution >= 4 is 0 Å². The third-order valence-corrected chi connectivity index (χ3v) is 2.80. The van der Waals surface area contributed by atoms with Crippen molar-refractivity contribution in [2.75, 3.05) is 13.1 Å². The fourth-order valence-electron chi connectivity index (χ4n) is 1.91. The maximum Gasteiger partial charge on any atom is 0.150 e. The molecule has 0 radical (unpaired) electrons. The number of nitrogens with zero attached hydrogens (tertiary/aromatic N) is 2. The minimum atomic E-state index is 0.710. The number of rotatable bonds is 7. The maximum atomic E-state index is 5.58. The van der Waals surface area contributed by atoms with Gasteiger partial charge in [-0.05, 0) is 18.5 Å². The highest BCUT2D eigenvalue weighted by Crippen LogP contribution is 2.09. The van der Waals surface area contributed by atoms with Gasteiger partial charge in [0.05, 0.1) is 12.7 Å². The molecule has 0 aliphatic rings. The van der Waals surface area contributed by atoms with Crippen molar-refractivity contribution in [1.29, 1.82) is 0 Å². The first-order valence-electron chi connectivity index (χ1n) is 6.24. The molecule has 4 nitrogen and oxygen atoms in total. The van der Waals surface area contributed by atoms with Gasteiger partial charge >= 0.3 is 0 Å². The van der Waals surface area contributed by atoms with Gasteiger partial charge in [0.1, 0.15) is 0 Å². The van der Waals surface area contributed by atoms with Crippen LogP contribution < -0.4 is 5.73 Å². The van der Waals surface area contributed by atoms with Gasteiger partial charge in [-0.15, -0.1) is 0 Å². The summed E-state index contributed by atoms with van der Waals surface area (Å²) in [6.07, 6.45) is 2.67. The molecule has 2 aromatic rings. The van der Waals surface area contributed by atoms with Crippen LogP contribution in [0.25, 0.3) is 0 Å². The Hall–Kier alpha value is -1.65. The Labute approximate surface area is 107 Å². The highest BCUT2D eigenvalue weighted by atomic mass is 16.5. The molecule has 0 aliphatic heterocycles. The molecule has 0 spiro atoms. The minimum Gasteiger partial charge on any atom is -0.360 e. The molecule has 18 heavy (non-hydrogen) atoms. The van der Waals surface area contributed by atoms with Crippen molar-refractivity contribution in [2.24, 2.45) is 5.73 Å². The largest absolute Gasteiger partial charge is 0.360 e. The van der Waals surface area contributed by atoms with Crippen LogP contribution in [0.15, 0.2) is 47.1 Å². The molecular formula is C14H19N3O. The highest BCUT2D eigenvalue weighted by Gasteiger charge is 2.08. The molecule has 1 aromatic carbocycles. The summed E-state index contributed by atoms with van der Waals surface area (Å²) in [5, 5.41) is 3.74. The Bertz CT molecular complexity index is 428. The van der Waals surface area contributed by atoms with Crippen molar-refractivity contribution in [1.82, 2.24) is 10.1 Å². The Morgan fingerprint density at radius 3 is 2.61 bits per heavy atom. The zero-order valence-electron chi connectivity index (χ0n) is 10.5. The Balaban J connectivity index is 1.96. The molecule has 0 saturated carbocycles. The number of aromatic nitrogens is 1. The van der Waals surface area contributed by atoms with E-state index in [9.17, 15) is 0 Å². The molecule has 0 atom stereocenters. The van der Waals surface area contributed by atoms with E-state index in [0.717, 1.165) is 31.8 Å². The zero-order chi connectivity index (χ0) is 12.6. The maximum absolute atomic E-state index is 5.58. The van der Waals surface area contributed by atoms with E-state index >= 15 is 0 Å². The van der Waals surface area contributed by atoms with Crippen molar-refractivity contribution in [2.45, 2.75) is 19.5 Å². The average Bonchev–Trinajstić information content (AvgIpc) is 2.90. The molecule has 0 fully saturated rings. The van der Waals surface area contributed by atoms with Gasteiger partial charge in [-0.2, -0.15) is 0 Å². The normalized spacial score (nSPS) is 11.0. The predicted octanol–water partition coefficient (Wildman–Crippen LogP) is 2.03. The second-order valence-corrected chi connectivity index (χ2v) is 4.32. The summed E-state index contributed by atoms with van der Waals surface area (Å²) < 4.78 is 5.16. The first-order chi connectivity index (χ1) is 8.88. The summed E-state index contributed by atoms with van der Waals surface area (Å²) in [4.78, 5) is 2.32. The van der Waals surface area contributed by atoms with Gasteiger partial charge in [0, 0.05) is 19.2 Å². The van der Waals surface area contributed by atoms with Crippen molar-refractivity contribution in [3.05, 3.63) is 53.9 Å². The molecule has 0 aliphatic carbocycles. The third kappa shape index (κ3) is 3.98. The predicted molar refractivity (Wildman–Crippen MR) is 70.7 cm³/mol. The average molecular weight is 245 g/mol. The summed E-state index contributed by atoms with van der Waals surface area (Å²) in [5.41, 5.74) is 6.88. The van der Waals surface area contributed by atoms with Crippen LogP contribution in [0.2, 0.25) is 0 Å². The van der Waals surface area contributed by atoms with Crippen molar-refractivity contribution in [3.8, 4) is 0 Å². The SMILES string of the molecule is NCCCN(Cc1ccccc1)Cc1ccno1. The van der Waals surface area contributed by atoms with Gasteiger partial charge in [-0.3, -0.25) is 4.90 Å². The molecule has 96 valence electrons. The van der Waals surface area contributed by atoms with Crippen LogP contribution in [-0.4, -0.2) is 23.1 Å². The lowest BCUT2D eigenvalue weighted by Crippen LogP contribution is -2.25. The second-order valence-electron chi connectivity index (χ2n) is 4.32. The smallest absolute Gasteiger partial charge is 0.150 e. The van der Waals surface area contributed by atoms with Crippen LogP contribution in [-0.2, 0) is 13.1 Å². The molecular weight excluding hydrogens is 226 g/mol. The van der Waals surface area contributed by atoms with Gasteiger partial charge in [0.2, 0.25) is 0 Å². The molecule has 1 heterocycles. The van der Waals surface area contributed by atoms with Crippen LogP contribution in [0.5, 0.6) is 0 Å². The molecule has 0 saturated heterocycles. The van der Waals surface area contributed by atoms with E-state index < -0.39 is 0 Å². The Kier molecular flexibility index (Phi) is 4.93. The molecule has 4 heteroatoms. The Morgan fingerprint density at radius 2 is 1.94 bits per heavy atom. The van der Waals surface area contributed by atoms with Gasteiger partial charge in [-0.1, -0.05) is 35.5 Å². The Morgan fingerprint density at radius 1 is 1.11 bits per heavy atom. The molecule has 0 unspecified atom stereocenters. The van der Waals surface area contributed by atoms with E-state index in [1.807, 2.05) is 12.1 Å². The van der Waals surface area contributed by atoms with Crippen LogP contribution in [0.4, 0.5) is 0 Å². The summed E-state index contributed by atoms with van der Waals surface area (Å²) in [5.74, 6) is 0.892. The second kappa shape index (κ2) is 6.93. The summed E-state index contributed by atoms with van der Waals surface area (Å²) in [6.45, 7) is 3.35. The van der Waals surface area contributed by atoms with Crippen LogP contribution in [0, 0.1) is 0 Å². The fourth-order valence-corrected chi connectivity index (χ4v) is 1.91. The summed E-state index contributed by atoms with van der Waals surface area (Å²) >= 11 is 0. The monoisotopic (exact) mass is 245 g/mol. The van der Waals surface area contributed by atoms with E-state index in [-0.39, 0.29) is 0 Å². The standard InChI is InChI=1S/C14H19N3O/c15-8-4-10-17(12-14-7-9-16-18-14)11-13-5-2-1-3-6-13/h1-3,5-7,9H,4,8,10-12,15H2. The first-order valence-corrected chi connectivity index (χ1v) is 6.24. The van der Waals surface area contributed by atoms with E-state index in [4.69, 9.17) is 10.3 Å². The van der Waals surface area contributed by atoms with Crippen molar-refractivity contribution in [3.63, 3.8) is 0 Å². The summed E-state index contributed by atoms with van der Waals surface area (Å²) in [7, 11) is 0. The number of hydrogen-bond acceptors (Lipinski definition) is 4. The minimum absolute atomic E-state index is 0.710. The fraction of sp³-hybridized carbons (Fsp3) is 0.357. The van der Waals surface area contributed by atoms with Gasteiger partial charge < -0.3 is 10.3 Å². The molecule has 1 aromatic heterocycles. The third-order valence-electron chi connectivity index (χ3n) is 2.80. The molecule has 0 bridgehead atoms. The first kappa shape index (κ1) is 12.8. The van der Waals surface area contributed by atoms with E-state index in [2.05, 4.69) is 34.3 Å². The lowest BCUT2D eigenvalue weighted by molar-refractivity contribution is 0.222. The lowest BCUT2D eigenvalue weighted by atomic mass is 10.2. The van der Waals surface area contributed by atoms with Gasteiger partial charge in [-0.25, -0.2) is 0 Å². The quantitative estimate of drug-likeness (QED) is 0.811. The molecule has 2 rings (SSSR count). The summed E-state index contributed by atoms with van der Waals surface area (Å²) in [6, 6.07) is 12.3. The van der Waals surface area contributed by atoms with E-state index in [1.165, 1.54) is 5.56 Å². The zero-order valence-corrected chi connectivity index (χ0v) is 10.5. The molecule has 2 N–H and O–H groups in total. The number of hydrogen-bond donors (Lipinski definition) is 1. The van der Waals surface area contributed by atoms with Crippen LogP contribution in [0.3, 0.4) is 0 Å². The highest BCUT2D eigenvalue weighted by molar-refractivity contribution is 5.14. The number of nitrogens with two attached hydrogens (primary N) is 1. The van der Waals surface area contributed by atoms with Crippen LogP contribution >= 0.6 is 0 Å². The van der Waals surface area contributed by atoms with Crippen molar-refractivity contribution < 1.29 is 4.52 Å². The number of benzene rings is 1. The van der Waals surface area contributed by atoms with E-state index in [0.29, 0.717) is 6.54 Å². The van der Waals surface area contributed by atoms with E-state index in [1.54, 1.807) is 6.20 Å².